The topological polar surface area (TPSA) is 9.72 Å². The van der Waals surface area contributed by atoms with E-state index in [4.69, 9.17) is 0 Å². The zero-order valence-corrected chi connectivity index (χ0v) is 78.5. The van der Waals surface area contributed by atoms with E-state index in [2.05, 4.69) is 366 Å². The normalized spacial score (nSPS) is 18.2. The van der Waals surface area contributed by atoms with Crippen molar-refractivity contribution in [2.45, 2.75) is 286 Å². The second kappa shape index (κ2) is 37.2. The quantitative estimate of drug-likeness (QED) is 0.0955. The van der Waals surface area contributed by atoms with Gasteiger partial charge in [-0.05, 0) is 332 Å². The minimum atomic E-state index is -0.0426. The van der Waals surface area contributed by atoms with Crippen LogP contribution in [0.25, 0.3) is 55.3 Å². The molecule has 9 aliphatic rings. The molecular formula is C127H135N3. The van der Waals surface area contributed by atoms with Crippen LogP contribution in [0.4, 0.5) is 51.2 Å². The van der Waals surface area contributed by atoms with Crippen molar-refractivity contribution in [3.05, 3.63) is 376 Å². The molecule has 23 rings (SSSR count). The SMILES string of the molecule is CC1(C)c2cc(C3CCCCC3)ccc2-c2ccc(N(c3ccc(-c4ccccc4)cc3)c3ccc(C4CCCCC4)cc3)cc21.CC1(C)c2cc(C3CCCCC3)ccc2-c2ccc(N(c3ccc(C4CCCCC4)cc3)c3cccc4ccccc34)cc21.CC1(C)c2cc(C3CCCCC3)ccc2-c2ccc(N(c3ccccc3)c3ccc(C4CCCCC4)cc3)cc21. The predicted octanol–water partition coefficient (Wildman–Crippen LogP) is 37.5. The summed E-state index contributed by atoms with van der Waals surface area (Å²) in [5.74, 6) is 4.33. The molecule has 0 atom stereocenters. The van der Waals surface area contributed by atoms with Crippen LogP contribution < -0.4 is 14.7 Å². The fraction of sp³-hybridized carbons (Fsp3) is 0.354. The summed E-state index contributed by atoms with van der Waals surface area (Å²) < 4.78 is 0. The lowest BCUT2D eigenvalue weighted by atomic mass is 9.79. The van der Waals surface area contributed by atoms with E-state index in [1.165, 1.54) is 349 Å². The Labute approximate surface area is 777 Å². The number of hydrogen-bond acceptors (Lipinski definition) is 3. The number of para-hydroxylation sites is 1. The summed E-state index contributed by atoms with van der Waals surface area (Å²) in [6.07, 6.45) is 40.9. The van der Waals surface area contributed by atoms with Gasteiger partial charge in [0, 0.05) is 67.1 Å². The Bertz CT molecular complexity index is 6280. The van der Waals surface area contributed by atoms with Crippen molar-refractivity contribution in [1.29, 1.82) is 0 Å². The summed E-state index contributed by atoms with van der Waals surface area (Å²) >= 11 is 0. The van der Waals surface area contributed by atoms with Gasteiger partial charge < -0.3 is 14.7 Å². The van der Waals surface area contributed by atoms with E-state index in [1.807, 2.05) is 0 Å². The van der Waals surface area contributed by atoms with Crippen molar-refractivity contribution >= 4 is 62.0 Å². The number of fused-ring (bicyclic) bond motifs is 10. The Morgan fingerprint density at radius 1 is 0.185 bits per heavy atom. The highest BCUT2D eigenvalue weighted by Crippen LogP contribution is 2.57. The molecule has 0 N–H and O–H groups in total. The highest BCUT2D eigenvalue weighted by atomic mass is 15.2. The fourth-order valence-corrected chi connectivity index (χ4v) is 25.4. The fourth-order valence-electron chi connectivity index (χ4n) is 25.4. The molecule has 658 valence electrons. The van der Waals surface area contributed by atoms with Gasteiger partial charge in [0.25, 0.3) is 0 Å². The maximum absolute atomic E-state index is 2.57. The zero-order chi connectivity index (χ0) is 87.9. The molecule has 0 aliphatic heterocycles. The third-order valence-corrected chi connectivity index (χ3v) is 33.0. The lowest BCUT2D eigenvalue weighted by Crippen LogP contribution is -2.17. The van der Waals surface area contributed by atoms with Crippen molar-refractivity contribution in [3.63, 3.8) is 0 Å². The standard InChI is InChI=1S/C45H47N.C43H45N.C39H43N/c1-45(2)43-30-37(34-16-10-5-11-17-34)22-28-41(43)42-29-27-40(31-44(42)45)46(38-23-18-35(19-24-38)32-12-6-3-7-13-32)39-25-20-36(21-26-39)33-14-8-4-9-15-33;1-43(2)40-28-34(31-14-7-4-8-15-31)22-26-38(40)39-27-25-36(29-41(39)43)44(42-19-11-17-33-16-9-10-18-37(33)42)35-23-20-32(21-24-35)30-12-5-3-6-13-30;1-39(2)37-26-31(29-14-8-4-9-15-29)20-24-35(37)36-25-23-34(27-38(36)39)40(32-16-10-5-11-17-32)33-21-18-30(19-22-33)28-12-6-3-7-13-28/h3,6-7,12-13,18-31,33-34H,4-5,8-11,14-17H2,1-2H3;9-11,16-31H,3-8,12-15H2,1-2H3;5,10-11,16-29H,3-4,6-9,12-15H2,1-2H3. The Balaban J connectivity index is 0.000000118. The van der Waals surface area contributed by atoms with Gasteiger partial charge >= 0.3 is 0 Å². The molecule has 14 aromatic rings. The summed E-state index contributed by atoms with van der Waals surface area (Å²) in [6, 6.07) is 119. The van der Waals surface area contributed by atoms with Gasteiger partial charge in [0.05, 0.1) is 5.69 Å². The largest absolute Gasteiger partial charge is 0.310 e. The molecule has 130 heavy (non-hydrogen) atoms. The molecule has 0 unspecified atom stereocenters. The number of anilines is 9. The first-order valence-corrected chi connectivity index (χ1v) is 51.0. The molecule has 0 aromatic heterocycles. The lowest BCUT2D eigenvalue weighted by Gasteiger charge is -2.30. The molecule has 3 heteroatoms. The second-order valence-corrected chi connectivity index (χ2v) is 42.0. The minimum absolute atomic E-state index is 0.0153. The highest BCUT2D eigenvalue weighted by molar-refractivity contribution is 6.00. The van der Waals surface area contributed by atoms with Gasteiger partial charge in [-0.25, -0.2) is 0 Å². The van der Waals surface area contributed by atoms with E-state index < -0.39 is 0 Å². The lowest BCUT2D eigenvalue weighted by molar-refractivity contribution is 0.443. The molecule has 3 nitrogen and oxygen atoms in total. The van der Waals surface area contributed by atoms with E-state index in [0.29, 0.717) is 11.8 Å². The maximum Gasteiger partial charge on any atom is 0.0540 e. The Hall–Kier alpha value is -11.3. The van der Waals surface area contributed by atoms with Gasteiger partial charge in [0.1, 0.15) is 0 Å². The first-order chi connectivity index (χ1) is 63.7. The summed E-state index contributed by atoms with van der Waals surface area (Å²) in [7, 11) is 0. The van der Waals surface area contributed by atoms with Crippen LogP contribution in [0.5, 0.6) is 0 Å². The molecule has 0 heterocycles. The molecule has 9 aliphatic carbocycles. The van der Waals surface area contributed by atoms with Crippen LogP contribution in [-0.4, -0.2) is 0 Å². The first-order valence-electron chi connectivity index (χ1n) is 51.0. The van der Waals surface area contributed by atoms with Crippen molar-refractivity contribution in [2.75, 3.05) is 14.7 Å². The van der Waals surface area contributed by atoms with E-state index in [0.717, 1.165) is 23.7 Å². The van der Waals surface area contributed by atoms with E-state index in [9.17, 15) is 0 Å². The Kier molecular flexibility index (Phi) is 24.5. The van der Waals surface area contributed by atoms with Gasteiger partial charge in [-0.2, -0.15) is 0 Å². The van der Waals surface area contributed by atoms with Gasteiger partial charge in [-0.3, -0.25) is 0 Å². The number of hydrogen-bond donors (Lipinski definition) is 0. The van der Waals surface area contributed by atoms with Crippen LogP contribution in [-0.2, 0) is 16.2 Å². The second-order valence-electron chi connectivity index (χ2n) is 42.0. The molecule has 6 saturated carbocycles. The van der Waals surface area contributed by atoms with Crippen LogP contribution in [0, 0.1) is 0 Å². The van der Waals surface area contributed by atoms with Crippen LogP contribution in [0.3, 0.4) is 0 Å². The van der Waals surface area contributed by atoms with Gasteiger partial charge in [0.2, 0.25) is 0 Å². The molecule has 0 spiro atoms. The zero-order valence-electron chi connectivity index (χ0n) is 78.5. The van der Waals surface area contributed by atoms with Gasteiger partial charge in [-0.15, -0.1) is 0 Å². The molecule has 14 aromatic carbocycles. The average molecular weight is 1700 g/mol. The average Bonchev–Trinajstić information content (AvgIpc) is 1.58. The molecule has 0 saturated heterocycles. The number of benzene rings is 14. The Morgan fingerprint density at radius 2 is 0.423 bits per heavy atom. The van der Waals surface area contributed by atoms with Gasteiger partial charge in [0.15, 0.2) is 0 Å². The van der Waals surface area contributed by atoms with Crippen molar-refractivity contribution < 1.29 is 0 Å². The maximum atomic E-state index is 2.57. The van der Waals surface area contributed by atoms with Crippen molar-refractivity contribution in [1.82, 2.24) is 0 Å². The monoisotopic (exact) mass is 1700 g/mol. The molecule has 0 amide bonds. The molecule has 0 radical (unpaired) electrons. The highest BCUT2D eigenvalue weighted by Gasteiger charge is 2.41. The van der Waals surface area contributed by atoms with E-state index in [-0.39, 0.29) is 16.2 Å². The van der Waals surface area contributed by atoms with E-state index in [1.54, 1.807) is 16.7 Å². The summed E-state index contributed by atoms with van der Waals surface area (Å²) in [6.45, 7) is 14.6. The summed E-state index contributed by atoms with van der Waals surface area (Å²) in [4.78, 5) is 7.41. The minimum Gasteiger partial charge on any atom is -0.310 e. The first kappa shape index (κ1) is 85.5. The van der Waals surface area contributed by atoms with E-state index >= 15 is 0 Å². The number of rotatable bonds is 16. The van der Waals surface area contributed by atoms with Crippen LogP contribution in [0.1, 0.15) is 336 Å². The molecule has 0 bridgehead atoms. The third-order valence-electron chi connectivity index (χ3n) is 33.0. The van der Waals surface area contributed by atoms with Crippen LogP contribution >= 0.6 is 0 Å². The molecule has 6 fully saturated rings. The smallest absolute Gasteiger partial charge is 0.0540 e. The number of nitrogens with zero attached hydrogens (tertiary/aromatic N) is 3. The molecular weight excluding hydrogens is 1570 g/mol. The van der Waals surface area contributed by atoms with Crippen LogP contribution in [0.2, 0.25) is 0 Å². The van der Waals surface area contributed by atoms with Crippen molar-refractivity contribution in [2.24, 2.45) is 0 Å². The Morgan fingerprint density at radius 3 is 0.769 bits per heavy atom. The predicted molar refractivity (Wildman–Crippen MR) is 554 cm³/mol. The summed E-state index contributed by atoms with van der Waals surface area (Å²) in [5, 5.41) is 2.56. The van der Waals surface area contributed by atoms with Crippen molar-refractivity contribution in [3.8, 4) is 44.5 Å². The van der Waals surface area contributed by atoms with Gasteiger partial charge in [-0.1, -0.05) is 363 Å². The van der Waals surface area contributed by atoms with Crippen LogP contribution in [0.15, 0.2) is 309 Å². The third kappa shape index (κ3) is 17.0. The summed E-state index contributed by atoms with van der Waals surface area (Å²) in [5.41, 5.74) is 39.9.